The molecule has 0 atom stereocenters. The van der Waals surface area contributed by atoms with Crippen molar-refractivity contribution >= 4 is 21.7 Å². The average molecular weight is 291 g/mol. The molecule has 2 rings (SSSR count). The van der Waals surface area contributed by atoms with E-state index in [9.17, 15) is 0 Å². The summed E-state index contributed by atoms with van der Waals surface area (Å²) >= 11 is 3.39. The Bertz CT molecular complexity index is 453. The number of rotatable bonds is 4. The zero-order valence-corrected chi connectivity index (χ0v) is 11.4. The summed E-state index contributed by atoms with van der Waals surface area (Å²) < 4.78 is 1.01. The second kappa shape index (κ2) is 5.82. The van der Waals surface area contributed by atoms with E-state index in [1.165, 1.54) is 5.56 Å². The molecule has 2 aromatic rings. The molecule has 88 valence electrons. The van der Waals surface area contributed by atoms with Gasteiger partial charge in [0.15, 0.2) is 0 Å². The Labute approximate surface area is 110 Å². The van der Waals surface area contributed by atoms with Crippen molar-refractivity contribution in [1.29, 1.82) is 0 Å². The van der Waals surface area contributed by atoms with Crippen molar-refractivity contribution in [3.63, 3.8) is 0 Å². The first kappa shape index (κ1) is 12.1. The molecular weight excluding hydrogens is 276 g/mol. The van der Waals surface area contributed by atoms with Crippen LogP contribution < -0.4 is 4.90 Å². The minimum atomic E-state index is 0.971. The number of aromatic nitrogens is 1. The van der Waals surface area contributed by atoms with Crippen molar-refractivity contribution in [2.24, 2.45) is 0 Å². The highest BCUT2D eigenvalue weighted by atomic mass is 79.9. The van der Waals surface area contributed by atoms with Gasteiger partial charge < -0.3 is 4.90 Å². The lowest BCUT2D eigenvalue weighted by Gasteiger charge is -2.17. The fourth-order valence-corrected chi connectivity index (χ4v) is 1.88. The second-order valence-electron chi connectivity index (χ2n) is 3.99. The molecule has 0 radical (unpaired) electrons. The number of hydrogen-bond donors (Lipinski definition) is 0. The first-order valence-corrected chi connectivity index (χ1v) is 6.41. The largest absolute Gasteiger partial charge is 0.359 e. The van der Waals surface area contributed by atoms with Crippen LogP contribution in [0.15, 0.2) is 53.1 Å². The molecule has 0 spiro atoms. The molecule has 0 N–H and O–H groups in total. The van der Waals surface area contributed by atoms with Crippen LogP contribution >= 0.6 is 15.9 Å². The highest BCUT2D eigenvalue weighted by molar-refractivity contribution is 9.10. The van der Waals surface area contributed by atoms with Crippen molar-refractivity contribution in [1.82, 2.24) is 4.98 Å². The van der Waals surface area contributed by atoms with E-state index in [2.05, 4.69) is 57.1 Å². The third kappa shape index (κ3) is 3.56. The summed E-state index contributed by atoms with van der Waals surface area (Å²) in [4.78, 5) is 6.54. The Hall–Kier alpha value is -1.35. The minimum absolute atomic E-state index is 0.971. The van der Waals surface area contributed by atoms with Crippen molar-refractivity contribution in [2.45, 2.75) is 6.42 Å². The topological polar surface area (TPSA) is 16.1 Å². The molecule has 0 aliphatic carbocycles. The number of pyridine rings is 1. The van der Waals surface area contributed by atoms with Gasteiger partial charge in [-0.2, -0.15) is 0 Å². The van der Waals surface area contributed by atoms with Gasteiger partial charge in [0.25, 0.3) is 0 Å². The SMILES string of the molecule is CN(CCc1ccccc1)c1ccc(Br)cn1. The maximum absolute atomic E-state index is 4.37. The van der Waals surface area contributed by atoms with Gasteiger partial charge in [0.1, 0.15) is 5.82 Å². The smallest absolute Gasteiger partial charge is 0.128 e. The molecule has 2 nitrogen and oxygen atoms in total. The van der Waals surface area contributed by atoms with E-state index >= 15 is 0 Å². The van der Waals surface area contributed by atoms with Crippen molar-refractivity contribution in [2.75, 3.05) is 18.5 Å². The van der Waals surface area contributed by atoms with Gasteiger partial charge in [0.05, 0.1) is 0 Å². The molecule has 0 aliphatic rings. The van der Waals surface area contributed by atoms with Crippen LogP contribution in [0.25, 0.3) is 0 Å². The van der Waals surface area contributed by atoms with E-state index in [4.69, 9.17) is 0 Å². The van der Waals surface area contributed by atoms with Gasteiger partial charge in [0, 0.05) is 24.3 Å². The maximum atomic E-state index is 4.37. The zero-order chi connectivity index (χ0) is 12.1. The van der Waals surface area contributed by atoms with E-state index in [0.717, 1.165) is 23.3 Å². The second-order valence-corrected chi connectivity index (χ2v) is 4.91. The van der Waals surface area contributed by atoms with Gasteiger partial charge in [-0.25, -0.2) is 4.98 Å². The molecule has 17 heavy (non-hydrogen) atoms. The molecule has 0 bridgehead atoms. The summed E-state index contributed by atoms with van der Waals surface area (Å²) in [6.45, 7) is 0.971. The predicted octanol–water partition coefficient (Wildman–Crippen LogP) is 3.52. The summed E-state index contributed by atoms with van der Waals surface area (Å²) in [7, 11) is 2.07. The van der Waals surface area contributed by atoms with Gasteiger partial charge in [-0.15, -0.1) is 0 Å². The number of benzene rings is 1. The van der Waals surface area contributed by atoms with Gasteiger partial charge in [-0.3, -0.25) is 0 Å². The van der Waals surface area contributed by atoms with Crippen LogP contribution in [0, 0.1) is 0 Å². The zero-order valence-electron chi connectivity index (χ0n) is 9.81. The van der Waals surface area contributed by atoms with Gasteiger partial charge in [-0.05, 0) is 40.0 Å². The summed E-state index contributed by atoms with van der Waals surface area (Å²) in [6.07, 6.45) is 2.86. The summed E-state index contributed by atoms with van der Waals surface area (Å²) in [5.41, 5.74) is 1.36. The number of hydrogen-bond acceptors (Lipinski definition) is 2. The molecule has 1 aromatic carbocycles. The van der Waals surface area contributed by atoms with Gasteiger partial charge >= 0.3 is 0 Å². The Morgan fingerprint density at radius 3 is 2.53 bits per heavy atom. The quantitative estimate of drug-likeness (QED) is 0.856. The lowest BCUT2D eigenvalue weighted by atomic mass is 10.1. The lowest BCUT2D eigenvalue weighted by molar-refractivity contribution is 0.859. The molecule has 0 saturated heterocycles. The molecule has 1 heterocycles. The normalized spacial score (nSPS) is 10.2. The van der Waals surface area contributed by atoms with Crippen LogP contribution in [0.3, 0.4) is 0 Å². The van der Waals surface area contributed by atoms with E-state index in [-0.39, 0.29) is 0 Å². The lowest BCUT2D eigenvalue weighted by Crippen LogP contribution is -2.21. The number of anilines is 1. The standard InChI is InChI=1S/C14H15BrN2/c1-17(14-8-7-13(15)11-16-14)10-9-12-5-3-2-4-6-12/h2-8,11H,9-10H2,1H3. The summed E-state index contributed by atoms with van der Waals surface area (Å²) in [5.74, 6) is 1.00. The first-order valence-electron chi connectivity index (χ1n) is 5.62. The average Bonchev–Trinajstić information content (AvgIpc) is 2.38. The van der Waals surface area contributed by atoms with Crippen LogP contribution in [0.2, 0.25) is 0 Å². The molecule has 1 aromatic heterocycles. The van der Waals surface area contributed by atoms with Crippen LogP contribution in [-0.2, 0) is 6.42 Å². The van der Waals surface area contributed by atoms with Crippen LogP contribution in [0.1, 0.15) is 5.56 Å². The van der Waals surface area contributed by atoms with Crippen molar-refractivity contribution in [3.05, 3.63) is 58.7 Å². The molecule has 0 aliphatic heterocycles. The number of likely N-dealkylation sites (N-methyl/N-ethyl adjacent to an activating group) is 1. The highest BCUT2D eigenvalue weighted by Crippen LogP contribution is 2.13. The maximum Gasteiger partial charge on any atom is 0.128 e. The van der Waals surface area contributed by atoms with Crippen molar-refractivity contribution in [3.8, 4) is 0 Å². The Balaban J connectivity index is 1.93. The van der Waals surface area contributed by atoms with Crippen molar-refractivity contribution < 1.29 is 0 Å². The highest BCUT2D eigenvalue weighted by Gasteiger charge is 2.02. The van der Waals surface area contributed by atoms with E-state index in [1.54, 1.807) is 0 Å². The van der Waals surface area contributed by atoms with Crippen LogP contribution in [0.5, 0.6) is 0 Å². The van der Waals surface area contributed by atoms with Crippen LogP contribution in [-0.4, -0.2) is 18.6 Å². The fourth-order valence-electron chi connectivity index (χ4n) is 1.65. The first-order chi connectivity index (χ1) is 8.25. The van der Waals surface area contributed by atoms with Gasteiger partial charge in [-0.1, -0.05) is 30.3 Å². The molecule has 3 heteroatoms. The monoisotopic (exact) mass is 290 g/mol. The summed E-state index contributed by atoms with van der Waals surface area (Å²) in [6, 6.07) is 14.5. The third-order valence-corrected chi connectivity index (χ3v) is 3.15. The molecular formula is C14H15BrN2. The Morgan fingerprint density at radius 2 is 1.88 bits per heavy atom. The number of halogens is 1. The third-order valence-electron chi connectivity index (χ3n) is 2.68. The molecule has 0 saturated carbocycles. The molecule has 0 fully saturated rings. The fraction of sp³-hybridized carbons (Fsp3) is 0.214. The van der Waals surface area contributed by atoms with Crippen LogP contribution in [0.4, 0.5) is 5.82 Å². The predicted molar refractivity (Wildman–Crippen MR) is 75.4 cm³/mol. The molecule has 0 amide bonds. The molecule has 0 unspecified atom stereocenters. The Morgan fingerprint density at radius 1 is 1.12 bits per heavy atom. The minimum Gasteiger partial charge on any atom is -0.359 e. The van der Waals surface area contributed by atoms with E-state index in [1.807, 2.05) is 24.4 Å². The Kier molecular flexibility index (Phi) is 4.15. The van der Waals surface area contributed by atoms with E-state index < -0.39 is 0 Å². The summed E-state index contributed by atoms with van der Waals surface area (Å²) in [5, 5.41) is 0. The van der Waals surface area contributed by atoms with E-state index in [0.29, 0.717) is 0 Å². The number of nitrogens with zero attached hydrogens (tertiary/aromatic N) is 2. The van der Waals surface area contributed by atoms with Gasteiger partial charge in [0.2, 0.25) is 0 Å².